The minimum Gasteiger partial charge on any atom is -0.480 e. The number of halogens is 1. The van der Waals surface area contributed by atoms with Gasteiger partial charge in [-0.05, 0) is 29.5 Å². The number of rotatable bonds is 5. The van der Waals surface area contributed by atoms with Crippen LogP contribution in [-0.4, -0.2) is 17.1 Å². The summed E-state index contributed by atoms with van der Waals surface area (Å²) in [6.45, 7) is 7.92. The molecule has 1 aromatic carbocycles. The maximum absolute atomic E-state index is 13.0. The number of carboxylic acid groups (broad SMARTS) is 1. The van der Waals surface area contributed by atoms with E-state index >= 15 is 0 Å². The lowest BCUT2D eigenvalue weighted by molar-refractivity contribution is -0.140. The first-order valence-corrected chi connectivity index (χ1v) is 6.50. The standard InChI is InChI=1S/C15H22FNO2/c1-5-12(14(18)19)17-13(15(2,3)4)10-6-8-11(16)9-7-10/h6-9,12-13,17H,5H2,1-4H3,(H,18,19). The molecule has 2 unspecified atom stereocenters. The zero-order valence-electron chi connectivity index (χ0n) is 11.9. The molecular formula is C15H22FNO2. The molecule has 0 spiro atoms. The number of hydrogen-bond acceptors (Lipinski definition) is 2. The van der Waals surface area contributed by atoms with E-state index in [9.17, 15) is 9.18 Å². The molecule has 0 amide bonds. The van der Waals surface area contributed by atoms with Crippen LogP contribution in [0.4, 0.5) is 4.39 Å². The summed E-state index contributed by atoms with van der Waals surface area (Å²) >= 11 is 0. The van der Waals surface area contributed by atoms with E-state index in [1.807, 2.05) is 27.7 Å². The van der Waals surface area contributed by atoms with Crippen LogP contribution in [0, 0.1) is 11.2 Å². The molecule has 3 nitrogen and oxygen atoms in total. The molecule has 0 radical (unpaired) electrons. The van der Waals surface area contributed by atoms with Gasteiger partial charge in [0.2, 0.25) is 0 Å². The molecule has 0 heterocycles. The highest BCUT2D eigenvalue weighted by atomic mass is 19.1. The lowest BCUT2D eigenvalue weighted by Crippen LogP contribution is -2.43. The molecule has 0 aromatic heterocycles. The van der Waals surface area contributed by atoms with E-state index in [2.05, 4.69) is 5.32 Å². The van der Waals surface area contributed by atoms with E-state index in [0.717, 1.165) is 5.56 Å². The van der Waals surface area contributed by atoms with Gasteiger partial charge in [0.05, 0.1) is 0 Å². The Labute approximate surface area is 113 Å². The normalized spacial score (nSPS) is 15.0. The number of carbonyl (C=O) groups is 1. The molecule has 2 N–H and O–H groups in total. The van der Waals surface area contributed by atoms with Crippen LogP contribution in [-0.2, 0) is 4.79 Å². The summed E-state index contributed by atoms with van der Waals surface area (Å²) in [5.41, 5.74) is 0.731. The van der Waals surface area contributed by atoms with E-state index in [4.69, 9.17) is 5.11 Å². The first-order valence-electron chi connectivity index (χ1n) is 6.50. The van der Waals surface area contributed by atoms with E-state index < -0.39 is 12.0 Å². The van der Waals surface area contributed by atoms with Crippen molar-refractivity contribution in [3.63, 3.8) is 0 Å². The van der Waals surface area contributed by atoms with Gasteiger partial charge in [-0.25, -0.2) is 4.39 Å². The molecule has 106 valence electrons. The predicted octanol–water partition coefficient (Wildman–Crippen LogP) is 3.37. The van der Waals surface area contributed by atoms with Gasteiger partial charge in [0.15, 0.2) is 0 Å². The maximum atomic E-state index is 13.0. The SMILES string of the molecule is CCC(NC(c1ccc(F)cc1)C(C)(C)C)C(=O)O. The Morgan fingerprint density at radius 2 is 1.84 bits per heavy atom. The smallest absolute Gasteiger partial charge is 0.320 e. The molecule has 0 fully saturated rings. The molecular weight excluding hydrogens is 245 g/mol. The summed E-state index contributed by atoms with van der Waals surface area (Å²) in [5.74, 6) is -1.15. The zero-order chi connectivity index (χ0) is 14.6. The lowest BCUT2D eigenvalue weighted by Gasteiger charge is -2.34. The highest BCUT2D eigenvalue weighted by Gasteiger charge is 2.30. The summed E-state index contributed by atoms with van der Waals surface area (Å²) in [5, 5.41) is 12.3. The summed E-state index contributed by atoms with van der Waals surface area (Å²) in [6.07, 6.45) is 0.503. The molecule has 19 heavy (non-hydrogen) atoms. The second-order valence-corrected chi connectivity index (χ2v) is 5.82. The van der Waals surface area contributed by atoms with Gasteiger partial charge in [-0.1, -0.05) is 39.8 Å². The van der Waals surface area contributed by atoms with Gasteiger partial charge in [0, 0.05) is 6.04 Å². The highest BCUT2D eigenvalue weighted by molar-refractivity contribution is 5.73. The van der Waals surface area contributed by atoms with Crippen LogP contribution in [0.3, 0.4) is 0 Å². The third-order valence-electron chi connectivity index (χ3n) is 3.14. The Morgan fingerprint density at radius 3 is 2.21 bits per heavy atom. The summed E-state index contributed by atoms with van der Waals surface area (Å²) in [4.78, 5) is 11.2. The molecule has 1 aromatic rings. The zero-order valence-corrected chi connectivity index (χ0v) is 11.9. The first kappa shape index (κ1) is 15.6. The lowest BCUT2D eigenvalue weighted by atomic mass is 9.82. The molecule has 0 aliphatic heterocycles. The molecule has 2 atom stereocenters. The van der Waals surface area contributed by atoms with Gasteiger partial charge in [-0.3, -0.25) is 10.1 Å². The fourth-order valence-electron chi connectivity index (χ4n) is 2.07. The third kappa shape index (κ3) is 4.31. The number of hydrogen-bond donors (Lipinski definition) is 2. The number of carboxylic acids is 1. The van der Waals surface area contributed by atoms with Gasteiger partial charge < -0.3 is 5.11 Å². The molecule has 4 heteroatoms. The Morgan fingerprint density at radius 1 is 1.32 bits per heavy atom. The van der Waals surface area contributed by atoms with E-state index in [0.29, 0.717) is 6.42 Å². The number of aliphatic carboxylic acids is 1. The molecule has 0 saturated carbocycles. The van der Waals surface area contributed by atoms with Crippen molar-refractivity contribution in [2.24, 2.45) is 5.41 Å². The average molecular weight is 267 g/mol. The average Bonchev–Trinajstić information content (AvgIpc) is 2.30. The molecule has 0 aliphatic carbocycles. The Kier molecular flexibility index (Phi) is 5.06. The second-order valence-electron chi connectivity index (χ2n) is 5.82. The Balaban J connectivity index is 3.02. The van der Waals surface area contributed by atoms with Crippen LogP contribution in [0.25, 0.3) is 0 Å². The van der Waals surface area contributed by atoms with Crippen molar-refractivity contribution in [2.75, 3.05) is 0 Å². The highest BCUT2D eigenvalue weighted by Crippen LogP contribution is 2.33. The maximum Gasteiger partial charge on any atom is 0.320 e. The Hall–Kier alpha value is -1.42. The van der Waals surface area contributed by atoms with E-state index in [-0.39, 0.29) is 17.3 Å². The van der Waals surface area contributed by atoms with Gasteiger partial charge in [-0.15, -0.1) is 0 Å². The van der Waals surface area contributed by atoms with Crippen LogP contribution in [0.1, 0.15) is 45.7 Å². The number of benzene rings is 1. The van der Waals surface area contributed by atoms with Gasteiger partial charge in [0.1, 0.15) is 11.9 Å². The van der Waals surface area contributed by atoms with Crippen LogP contribution in [0.5, 0.6) is 0 Å². The van der Waals surface area contributed by atoms with Crippen molar-refractivity contribution in [3.8, 4) is 0 Å². The predicted molar refractivity (Wildman–Crippen MR) is 73.4 cm³/mol. The monoisotopic (exact) mass is 267 g/mol. The molecule has 0 bridgehead atoms. The largest absolute Gasteiger partial charge is 0.480 e. The first-order chi connectivity index (χ1) is 8.75. The van der Waals surface area contributed by atoms with Crippen LogP contribution < -0.4 is 5.32 Å². The van der Waals surface area contributed by atoms with Crippen molar-refractivity contribution < 1.29 is 14.3 Å². The van der Waals surface area contributed by atoms with E-state index in [1.165, 1.54) is 12.1 Å². The van der Waals surface area contributed by atoms with Crippen molar-refractivity contribution in [1.29, 1.82) is 0 Å². The minimum absolute atomic E-state index is 0.144. The van der Waals surface area contributed by atoms with Gasteiger partial charge in [-0.2, -0.15) is 0 Å². The summed E-state index contributed by atoms with van der Waals surface area (Å²) < 4.78 is 13.0. The third-order valence-corrected chi connectivity index (χ3v) is 3.14. The van der Waals surface area contributed by atoms with Crippen molar-refractivity contribution in [2.45, 2.75) is 46.2 Å². The number of nitrogens with one attached hydrogen (secondary N) is 1. The van der Waals surface area contributed by atoms with Gasteiger partial charge in [0.25, 0.3) is 0 Å². The van der Waals surface area contributed by atoms with Crippen molar-refractivity contribution in [3.05, 3.63) is 35.6 Å². The minimum atomic E-state index is -0.862. The van der Waals surface area contributed by atoms with Crippen LogP contribution >= 0.6 is 0 Å². The van der Waals surface area contributed by atoms with E-state index in [1.54, 1.807) is 12.1 Å². The fraction of sp³-hybridized carbons (Fsp3) is 0.533. The molecule has 0 saturated heterocycles. The quantitative estimate of drug-likeness (QED) is 0.860. The van der Waals surface area contributed by atoms with Crippen LogP contribution in [0.2, 0.25) is 0 Å². The summed E-state index contributed by atoms with van der Waals surface area (Å²) in [7, 11) is 0. The van der Waals surface area contributed by atoms with Crippen LogP contribution in [0.15, 0.2) is 24.3 Å². The fourth-order valence-corrected chi connectivity index (χ4v) is 2.07. The van der Waals surface area contributed by atoms with Gasteiger partial charge >= 0.3 is 5.97 Å². The topological polar surface area (TPSA) is 49.3 Å². The summed E-state index contributed by atoms with van der Waals surface area (Å²) in [6, 6.07) is 5.46. The molecule has 0 aliphatic rings. The second kappa shape index (κ2) is 6.15. The van der Waals surface area contributed by atoms with Crippen molar-refractivity contribution in [1.82, 2.24) is 5.32 Å². The molecule has 1 rings (SSSR count). The Bertz CT molecular complexity index is 423. The van der Waals surface area contributed by atoms with Crippen molar-refractivity contribution >= 4 is 5.97 Å².